The van der Waals surface area contributed by atoms with E-state index in [1.165, 1.54) is 212 Å². The van der Waals surface area contributed by atoms with Crippen molar-refractivity contribution in [3.63, 3.8) is 0 Å². The number of carbonyl (C=O) groups excluding carboxylic acids is 3. The summed E-state index contributed by atoms with van der Waals surface area (Å²) in [5, 5.41) is 0. The Morgan fingerprint density at radius 2 is 0.530 bits per heavy atom. The van der Waals surface area contributed by atoms with Gasteiger partial charge in [0.2, 0.25) is 0 Å². The first-order valence-corrected chi connectivity index (χ1v) is 29.6. The molecule has 2 atom stereocenters. The minimum atomic E-state index is -0.764. The molecule has 0 amide bonds. The maximum absolute atomic E-state index is 12.8. The van der Waals surface area contributed by atoms with Crippen molar-refractivity contribution in [2.24, 2.45) is 17.8 Å². The van der Waals surface area contributed by atoms with Gasteiger partial charge in [0, 0.05) is 19.3 Å². The van der Waals surface area contributed by atoms with Crippen LogP contribution in [0.2, 0.25) is 0 Å². The standard InChI is InChI=1S/C60H116O6/c1-7-56(6)48-42-36-30-24-19-21-26-32-38-44-50-59(62)65-53-57(66-60(63)51-45-39-33-27-20-18-23-29-35-41-47-55(4)5)52-64-58(61)49-43-37-31-25-17-15-13-11-9-8-10-12-14-16-22-28-34-40-46-54(2)3/h54-57H,7-53H2,1-6H3/t56?,57-/m1/s1. The van der Waals surface area contributed by atoms with Gasteiger partial charge in [-0.15, -0.1) is 0 Å². The molecule has 0 fully saturated rings. The fourth-order valence-electron chi connectivity index (χ4n) is 9.14. The molecule has 0 rings (SSSR count). The van der Waals surface area contributed by atoms with Crippen LogP contribution in [0.1, 0.15) is 330 Å². The maximum Gasteiger partial charge on any atom is 0.306 e. The van der Waals surface area contributed by atoms with Crippen LogP contribution in [-0.4, -0.2) is 37.2 Å². The van der Waals surface area contributed by atoms with Crippen LogP contribution in [0, 0.1) is 17.8 Å². The average molecular weight is 934 g/mol. The molecule has 0 bridgehead atoms. The summed E-state index contributed by atoms with van der Waals surface area (Å²) < 4.78 is 16.9. The van der Waals surface area contributed by atoms with Crippen molar-refractivity contribution < 1.29 is 28.6 Å². The highest BCUT2D eigenvalue weighted by Gasteiger charge is 2.19. The average Bonchev–Trinajstić information content (AvgIpc) is 3.29. The smallest absolute Gasteiger partial charge is 0.306 e. The van der Waals surface area contributed by atoms with E-state index in [0.717, 1.165) is 75.5 Å². The molecule has 66 heavy (non-hydrogen) atoms. The molecule has 0 radical (unpaired) electrons. The summed E-state index contributed by atoms with van der Waals surface area (Å²) in [5.41, 5.74) is 0. The molecule has 0 aliphatic rings. The molecule has 6 nitrogen and oxygen atoms in total. The molecule has 0 aromatic rings. The van der Waals surface area contributed by atoms with E-state index in [1.807, 2.05) is 0 Å². The molecular formula is C60H116O6. The van der Waals surface area contributed by atoms with Crippen molar-refractivity contribution in [1.82, 2.24) is 0 Å². The second kappa shape index (κ2) is 51.3. The topological polar surface area (TPSA) is 78.9 Å². The minimum Gasteiger partial charge on any atom is -0.462 e. The van der Waals surface area contributed by atoms with Crippen LogP contribution < -0.4 is 0 Å². The normalized spacial score (nSPS) is 12.5. The number of carbonyl (C=O) groups is 3. The summed E-state index contributed by atoms with van der Waals surface area (Å²) in [7, 11) is 0. The first-order valence-electron chi connectivity index (χ1n) is 29.6. The van der Waals surface area contributed by atoms with Gasteiger partial charge in [0.05, 0.1) is 0 Å². The summed E-state index contributed by atoms with van der Waals surface area (Å²) in [6, 6.07) is 0. The highest BCUT2D eigenvalue weighted by molar-refractivity contribution is 5.71. The van der Waals surface area contributed by atoms with Crippen LogP contribution in [0.25, 0.3) is 0 Å². The van der Waals surface area contributed by atoms with Crippen molar-refractivity contribution in [1.29, 1.82) is 0 Å². The predicted octanol–water partition coefficient (Wildman–Crippen LogP) is 19.5. The SMILES string of the molecule is CCC(C)CCCCCCCCCCCCC(=O)OC[C@@H](COC(=O)CCCCCCCCCCCCCCCCCCCCC(C)C)OC(=O)CCCCCCCCCCCCC(C)C. The molecule has 392 valence electrons. The Morgan fingerprint density at radius 1 is 0.303 bits per heavy atom. The monoisotopic (exact) mass is 933 g/mol. The van der Waals surface area contributed by atoms with E-state index in [1.54, 1.807) is 0 Å². The number of unbranched alkanes of at least 4 members (excludes halogenated alkanes) is 35. The molecule has 6 heteroatoms. The molecule has 0 saturated carbocycles. The van der Waals surface area contributed by atoms with E-state index in [0.29, 0.717) is 19.3 Å². The molecule has 1 unspecified atom stereocenters. The first kappa shape index (κ1) is 64.4. The Morgan fingerprint density at radius 3 is 0.788 bits per heavy atom. The fourth-order valence-corrected chi connectivity index (χ4v) is 9.14. The molecule has 0 heterocycles. The van der Waals surface area contributed by atoms with Gasteiger partial charge in [-0.2, -0.15) is 0 Å². The fraction of sp³-hybridized carbons (Fsp3) is 0.950. The zero-order valence-corrected chi connectivity index (χ0v) is 45.5. The summed E-state index contributed by atoms with van der Waals surface area (Å²) in [4.78, 5) is 38.1. The van der Waals surface area contributed by atoms with Crippen LogP contribution in [0.3, 0.4) is 0 Å². The number of esters is 3. The lowest BCUT2D eigenvalue weighted by Gasteiger charge is -2.18. The van der Waals surface area contributed by atoms with Crippen LogP contribution in [0.5, 0.6) is 0 Å². The third-order valence-electron chi connectivity index (χ3n) is 14.0. The number of ether oxygens (including phenoxy) is 3. The molecular weight excluding hydrogens is 817 g/mol. The third-order valence-corrected chi connectivity index (χ3v) is 14.0. The molecule has 0 spiro atoms. The maximum atomic E-state index is 12.8. The number of rotatable bonds is 53. The van der Waals surface area contributed by atoms with Gasteiger partial charge >= 0.3 is 17.9 Å². The van der Waals surface area contributed by atoms with E-state index in [4.69, 9.17) is 14.2 Å². The Kier molecular flexibility index (Phi) is 50.0. The Balaban J connectivity index is 4.25. The van der Waals surface area contributed by atoms with Crippen LogP contribution in [0.15, 0.2) is 0 Å². The van der Waals surface area contributed by atoms with Crippen molar-refractivity contribution in [3.05, 3.63) is 0 Å². The number of hydrogen-bond donors (Lipinski definition) is 0. The minimum absolute atomic E-state index is 0.0636. The summed E-state index contributed by atoms with van der Waals surface area (Å²) in [5.74, 6) is 1.70. The van der Waals surface area contributed by atoms with E-state index in [9.17, 15) is 14.4 Å². The van der Waals surface area contributed by atoms with Crippen molar-refractivity contribution in [2.45, 2.75) is 337 Å². The Hall–Kier alpha value is -1.59. The van der Waals surface area contributed by atoms with Crippen molar-refractivity contribution in [3.8, 4) is 0 Å². The van der Waals surface area contributed by atoms with Crippen LogP contribution >= 0.6 is 0 Å². The first-order chi connectivity index (χ1) is 32.1. The molecule has 0 aromatic heterocycles. The lowest BCUT2D eigenvalue weighted by Crippen LogP contribution is -2.30. The predicted molar refractivity (Wildman–Crippen MR) is 284 cm³/mol. The molecule has 0 saturated heterocycles. The van der Waals surface area contributed by atoms with E-state index < -0.39 is 6.10 Å². The Labute approximate surface area is 412 Å². The van der Waals surface area contributed by atoms with Gasteiger partial charge in [-0.1, -0.05) is 292 Å². The van der Waals surface area contributed by atoms with E-state index in [-0.39, 0.29) is 31.1 Å². The molecule has 0 aromatic carbocycles. The summed E-state index contributed by atoms with van der Waals surface area (Å²) in [6.45, 7) is 13.8. The summed E-state index contributed by atoms with van der Waals surface area (Å²) in [6.07, 6.45) is 53.8. The van der Waals surface area contributed by atoms with Gasteiger partial charge in [0.1, 0.15) is 13.2 Å². The summed E-state index contributed by atoms with van der Waals surface area (Å²) >= 11 is 0. The van der Waals surface area contributed by atoms with Gasteiger partial charge in [-0.25, -0.2) is 0 Å². The largest absolute Gasteiger partial charge is 0.462 e. The van der Waals surface area contributed by atoms with Gasteiger partial charge in [-0.05, 0) is 37.0 Å². The molecule has 0 aliphatic heterocycles. The van der Waals surface area contributed by atoms with E-state index >= 15 is 0 Å². The van der Waals surface area contributed by atoms with Crippen LogP contribution in [-0.2, 0) is 28.6 Å². The zero-order valence-electron chi connectivity index (χ0n) is 45.5. The Bertz CT molecular complexity index is 1020. The second-order valence-corrected chi connectivity index (χ2v) is 21.8. The lowest BCUT2D eigenvalue weighted by atomic mass is 9.99. The van der Waals surface area contributed by atoms with Crippen LogP contribution in [0.4, 0.5) is 0 Å². The van der Waals surface area contributed by atoms with E-state index in [2.05, 4.69) is 41.5 Å². The second-order valence-electron chi connectivity index (χ2n) is 21.8. The van der Waals surface area contributed by atoms with Crippen molar-refractivity contribution in [2.75, 3.05) is 13.2 Å². The quantitative estimate of drug-likeness (QED) is 0.0343. The lowest BCUT2D eigenvalue weighted by molar-refractivity contribution is -0.167. The van der Waals surface area contributed by atoms with Crippen molar-refractivity contribution >= 4 is 17.9 Å². The zero-order chi connectivity index (χ0) is 48.4. The molecule has 0 N–H and O–H groups in total. The highest BCUT2D eigenvalue weighted by Crippen LogP contribution is 2.19. The van der Waals surface area contributed by atoms with Gasteiger partial charge in [0.15, 0.2) is 6.10 Å². The molecule has 0 aliphatic carbocycles. The third kappa shape index (κ3) is 51.8. The number of hydrogen-bond acceptors (Lipinski definition) is 6. The highest BCUT2D eigenvalue weighted by atomic mass is 16.6. The van der Waals surface area contributed by atoms with Gasteiger partial charge in [0.25, 0.3) is 0 Å². The van der Waals surface area contributed by atoms with Gasteiger partial charge < -0.3 is 14.2 Å². The van der Waals surface area contributed by atoms with Gasteiger partial charge in [-0.3, -0.25) is 14.4 Å².